The van der Waals surface area contributed by atoms with Gasteiger partial charge in [0.05, 0.1) is 17.2 Å². The fourth-order valence-electron chi connectivity index (χ4n) is 3.10. The summed E-state index contributed by atoms with van der Waals surface area (Å²) in [5.41, 5.74) is 7.29. The van der Waals surface area contributed by atoms with Crippen LogP contribution in [0.3, 0.4) is 0 Å². The average molecular weight is 426 g/mol. The molecule has 0 fully saturated rings. The Kier molecular flexibility index (Phi) is 6.44. The smallest absolute Gasteiger partial charge is 0.338 e. The van der Waals surface area contributed by atoms with Gasteiger partial charge in [-0.2, -0.15) is 5.26 Å². The number of nitrogens with zero attached hydrogens (tertiary/aromatic N) is 1. The molecule has 4 N–H and O–H groups in total. The molecule has 154 valence electrons. The molecule has 3 amide bonds. The summed E-state index contributed by atoms with van der Waals surface area (Å²) in [5, 5.41) is 14.0. The molecule has 9 nitrogen and oxygen atoms in total. The van der Waals surface area contributed by atoms with Crippen molar-refractivity contribution < 1.29 is 23.9 Å². The number of rotatable bonds is 7. The summed E-state index contributed by atoms with van der Waals surface area (Å²) < 4.78 is 5.01. The number of primary amides is 1. The quantitative estimate of drug-likeness (QED) is 0.576. The van der Waals surface area contributed by atoms with Crippen LogP contribution in [0.1, 0.15) is 44.0 Å². The number of carbonyl (C=O) groups excluding carboxylic acids is 4. The third kappa shape index (κ3) is 4.82. The molecule has 1 aliphatic rings. The summed E-state index contributed by atoms with van der Waals surface area (Å²) in [7, 11) is 0. The first-order valence-electron chi connectivity index (χ1n) is 9.07. The summed E-state index contributed by atoms with van der Waals surface area (Å²) in [4.78, 5) is 48.5. The third-order valence-electron chi connectivity index (χ3n) is 4.40. The molecule has 0 saturated carbocycles. The molecule has 0 aliphatic heterocycles. The fraction of sp³-hybridized carbons (Fsp3) is 0.250. The number of nitriles is 1. The number of esters is 1. The highest BCUT2D eigenvalue weighted by atomic mass is 32.1. The number of benzene rings is 1. The summed E-state index contributed by atoms with van der Waals surface area (Å²) in [6.45, 7) is -0.528. The van der Waals surface area contributed by atoms with Crippen LogP contribution in [-0.2, 0) is 27.2 Å². The molecule has 1 aliphatic carbocycles. The minimum Gasteiger partial charge on any atom is -0.452 e. The number of nitrogens with two attached hydrogens (primary N) is 1. The lowest BCUT2D eigenvalue weighted by Gasteiger charge is -2.08. The number of fused-ring (bicyclic) bond motifs is 1. The van der Waals surface area contributed by atoms with Crippen LogP contribution in [0.5, 0.6) is 0 Å². The number of anilines is 2. The Balaban J connectivity index is 1.55. The first-order valence-corrected chi connectivity index (χ1v) is 9.89. The van der Waals surface area contributed by atoms with E-state index < -0.39 is 30.3 Å². The minimum atomic E-state index is -0.719. The Hall–Kier alpha value is -3.71. The second-order valence-electron chi connectivity index (χ2n) is 6.51. The largest absolute Gasteiger partial charge is 0.452 e. The number of aryl methyl sites for hydroxylation is 1. The van der Waals surface area contributed by atoms with Gasteiger partial charge in [0.25, 0.3) is 11.8 Å². The predicted molar refractivity (Wildman–Crippen MR) is 109 cm³/mol. The zero-order chi connectivity index (χ0) is 21.7. The molecule has 1 aromatic heterocycles. The predicted octanol–water partition coefficient (Wildman–Crippen LogP) is 1.98. The molecule has 1 aromatic carbocycles. The van der Waals surface area contributed by atoms with E-state index in [1.165, 1.54) is 35.6 Å². The molecule has 0 saturated heterocycles. The van der Waals surface area contributed by atoms with Crippen LogP contribution in [0.25, 0.3) is 0 Å². The zero-order valence-corrected chi connectivity index (χ0v) is 16.6. The van der Waals surface area contributed by atoms with Crippen LogP contribution in [0, 0.1) is 11.3 Å². The van der Waals surface area contributed by atoms with Crippen molar-refractivity contribution >= 4 is 45.7 Å². The van der Waals surface area contributed by atoms with E-state index in [4.69, 9.17) is 15.7 Å². The lowest BCUT2D eigenvalue weighted by atomic mass is 10.1. The summed E-state index contributed by atoms with van der Waals surface area (Å²) in [6.07, 6.45) is 2.28. The van der Waals surface area contributed by atoms with Crippen molar-refractivity contribution in [1.82, 2.24) is 0 Å². The van der Waals surface area contributed by atoms with Crippen LogP contribution in [0.15, 0.2) is 24.3 Å². The maximum absolute atomic E-state index is 12.2. The maximum Gasteiger partial charge on any atom is 0.338 e. The first kappa shape index (κ1) is 21.0. The van der Waals surface area contributed by atoms with Gasteiger partial charge in [0.1, 0.15) is 11.4 Å². The van der Waals surface area contributed by atoms with Gasteiger partial charge in [0.2, 0.25) is 5.91 Å². The van der Waals surface area contributed by atoms with E-state index in [0.29, 0.717) is 16.3 Å². The fourth-order valence-corrected chi connectivity index (χ4v) is 4.41. The number of thiophene rings is 1. The van der Waals surface area contributed by atoms with Crippen LogP contribution in [0.4, 0.5) is 10.7 Å². The van der Waals surface area contributed by atoms with Crippen molar-refractivity contribution in [2.24, 2.45) is 5.73 Å². The summed E-state index contributed by atoms with van der Waals surface area (Å²) >= 11 is 1.32. The summed E-state index contributed by atoms with van der Waals surface area (Å²) in [6, 6.07) is 7.56. The van der Waals surface area contributed by atoms with Crippen molar-refractivity contribution in [3.63, 3.8) is 0 Å². The standard InChI is InChI=1S/C20H18N4O5S/c21-9-8-15(25)23-12-6-4-11(5-7-12)20(28)29-10-16(26)24-19-17(18(22)27)13-2-1-3-14(13)30-19/h4-7H,1-3,8,10H2,(H2,22,27)(H,23,25)(H,24,26). The number of amides is 3. The van der Waals surface area contributed by atoms with E-state index in [9.17, 15) is 19.2 Å². The van der Waals surface area contributed by atoms with E-state index in [1.807, 2.05) is 0 Å². The van der Waals surface area contributed by atoms with Crippen molar-refractivity contribution in [3.05, 3.63) is 45.8 Å². The van der Waals surface area contributed by atoms with Gasteiger partial charge in [-0.3, -0.25) is 14.4 Å². The Morgan fingerprint density at radius 1 is 1.10 bits per heavy atom. The normalized spacial score (nSPS) is 11.8. The van der Waals surface area contributed by atoms with Crippen LogP contribution in [0.2, 0.25) is 0 Å². The molecule has 0 atom stereocenters. The molecule has 3 rings (SSSR count). The van der Waals surface area contributed by atoms with Gasteiger partial charge in [-0.1, -0.05) is 0 Å². The second-order valence-corrected chi connectivity index (χ2v) is 7.62. The molecule has 0 spiro atoms. The molecular formula is C20H18N4O5S. The Bertz CT molecular complexity index is 1050. The van der Waals surface area contributed by atoms with E-state index in [2.05, 4.69) is 10.6 Å². The molecule has 2 aromatic rings. The minimum absolute atomic E-state index is 0.189. The number of nitrogens with one attached hydrogen (secondary N) is 2. The molecule has 0 unspecified atom stereocenters. The molecule has 0 radical (unpaired) electrons. The molecular weight excluding hydrogens is 408 g/mol. The van der Waals surface area contributed by atoms with Gasteiger partial charge in [-0.05, 0) is 49.1 Å². The first-order chi connectivity index (χ1) is 14.4. The van der Waals surface area contributed by atoms with Gasteiger partial charge in [-0.15, -0.1) is 11.3 Å². The zero-order valence-electron chi connectivity index (χ0n) is 15.8. The number of hydrogen-bond donors (Lipinski definition) is 3. The van der Waals surface area contributed by atoms with Gasteiger partial charge in [0.15, 0.2) is 6.61 Å². The van der Waals surface area contributed by atoms with E-state index in [1.54, 1.807) is 6.07 Å². The van der Waals surface area contributed by atoms with Crippen molar-refractivity contribution in [2.75, 3.05) is 17.2 Å². The topological polar surface area (TPSA) is 151 Å². The van der Waals surface area contributed by atoms with Crippen molar-refractivity contribution in [2.45, 2.75) is 25.7 Å². The maximum atomic E-state index is 12.2. The summed E-state index contributed by atoms with van der Waals surface area (Å²) in [5.74, 6) is -2.35. The number of carbonyl (C=O) groups is 4. The Morgan fingerprint density at radius 2 is 1.83 bits per heavy atom. The molecule has 30 heavy (non-hydrogen) atoms. The lowest BCUT2D eigenvalue weighted by molar-refractivity contribution is -0.119. The van der Waals surface area contributed by atoms with E-state index >= 15 is 0 Å². The van der Waals surface area contributed by atoms with E-state index in [0.717, 1.165) is 29.7 Å². The number of hydrogen-bond acceptors (Lipinski definition) is 7. The van der Waals surface area contributed by atoms with Crippen LogP contribution < -0.4 is 16.4 Å². The van der Waals surface area contributed by atoms with Crippen LogP contribution in [-0.4, -0.2) is 30.3 Å². The van der Waals surface area contributed by atoms with Gasteiger partial charge in [0, 0.05) is 10.6 Å². The van der Waals surface area contributed by atoms with Crippen LogP contribution >= 0.6 is 11.3 Å². The average Bonchev–Trinajstić information content (AvgIpc) is 3.27. The Labute approximate surface area is 175 Å². The van der Waals surface area contributed by atoms with Crippen molar-refractivity contribution in [3.8, 4) is 6.07 Å². The lowest BCUT2D eigenvalue weighted by Crippen LogP contribution is -2.22. The highest BCUT2D eigenvalue weighted by Crippen LogP contribution is 2.38. The molecule has 0 bridgehead atoms. The van der Waals surface area contributed by atoms with E-state index in [-0.39, 0.29) is 12.0 Å². The van der Waals surface area contributed by atoms with Gasteiger partial charge < -0.3 is 21.1 Å². The second kappa shape index (κ2) is 9.19. The Morgan fingerprint density at radius 3 is 2.50 bits per heavy atom. The third-order valence-corrected chi connectivity index (χ3v) is 5.61. The highest BCUT2D eigenvalue weighted by molar-refractivity contribution is 7.17. The van der Waals surface area contributed by atoms with Gasteiger partial charge in [-0.25, -0.2) is 4.79 Å². The van der Waals surface area contributed by atoms with Gasteiger partial charge >= 0.3 is 5.97 Å². The SMILES string of the molecule is N#CCC(=O)Nc1ccc(C(=O)OCC(=O)Nc2sc3c(c2C(N)=O)CCC3)cc1. The monoisotopic (exact) mass is 426 g/mol. The number of ether oxygens (including phenoxy) is 1. The van der Waals surface area contributed by atoms with Crippen molar-refractivity contribution in [1.29, 1.82) is 5.26 Å². The highest BCUT2D eigenvalue weighted by Gasteiger charge is 2.26. The molecule has 10 heteroatoms. The molecule has 1 heterocycles.